The zero-order valence-corrected chi connectivity index (χ0v) is 50.1. The topological polar surface area (TPSA) is 8.17 Å². The van der Waals surface area contributed by atoms with Gasteiger partial charge in [0.05, 0.1) is 28.1 Å². The van der Waals surface area contributed by atoms with Gasteiger partial charge in [-0.15, -0.1) is 0 Å². The quantitative estimate of drug-likeness (QED) is 0.151. The number of hydrogen-bond donors (Lipinski definition) is 0. The number of aromatic nitrogens is 1. The molecule has 78 heavy (non-hydrogen) atoms. The predicted molar refractivity (Wildman–Crippen MR) is 342 cm³/mol. The fraction of sp³-hybridized carbons (Fsp3) is 0.316. The average Bonchev–Trinajstić information content (AvgIpc) is 3.78. The number of para-hydroxylation sites is 1. The molecule has 0 fully saturated rings. The smallest absolute Gasteiger partial charge is 0.0541 e. The highest BCUT2D eigenvalue weighted by molar-refractivity contribution is 6.27. The Morgan fingerprint density at radius 1 is 0.295 bits per heavy atom. The zero-order chi connectivity index (χ0) is 55.8. The van der Waals surface area contributed by atoms with Crippen LogP contribution in [0.5, 0.6) is 0 Å². The molecule has 0 spiro atoms. The van der Waals surface area contributed by atoms with Crippen LogP contribution in [0, 0.1) is 0 Å². The maximum Gasteiger partial charge on any atom is 0.0541 e. The summed E-state index contributed by atoms with van der Waals surface area (Å²) in [5, 5.41) is 10.1. The van der Waals surface area contributed by atoms with E-state index in [1.165, 1.54) is 115 Å². The van der Waals surface area contributed by atoms with Crippen LogP contribution in [-0.2, 0) is 32.5 Å². The summed E-state index contributed by atoms with van der Waals surface area (Å²) < 4.78 is 2.54. The molecular formula is C76H82N2. The SMILES string of the molecule is CC(C)(C)c1cc(-c2ccc(N(c3ccccc3-c3cc(C(C)(C)C)cc(C(C)(C)C)c3)c3ccc4ccc5c(-n6c7ccc(C(C)(C)C)cc7c7cc(C(C)(C)C)ccc76)ccc6ccc3c4c65)cc2)cc(C(C)(C)C)c1. The van der Waals surface area contributed by atoms with Crippen LogP contribution in [-0.4, -0.2) is 4.57 Å². The number of hydrogen-bond acceptors (Lipinski definition) is 1. The maximum absolute atomic E-state index is 2.55. The Morgan fingerprint density at radius 3 is 1.21 bits per heavy atom. The molecule has 2 heteroatoms. The number of benzene rings is 10. The molecule has 1 heterocycles. The maximum atomic E-state index is 2.55. The van der Waals surface area contributed by atoms with Crippen LogP contribution in [0.25, 0.3) is 82.1 Å². The Labute approximate surface area is 466 Å². The molecule has 0 aliphatic heterocycles. The Balaban J connectivity index is 1.17. The van der Waals surface area contributed by atoms with Gasteiger partial charge in [0.25, 0.3) is 0 Å². The largest absolute Gasteiger partial charge is 0.309 e. The van der Waals surface area contributed by atoms with Gasteiger partial charge in [-0.1, -0.05) is 240 Å². The standard InChI is InChI=1S/C76H82N2/c1-71(2,3)52-29-37-67-62(45-52)63-46-53(72(4,5)6)30-38-68(63)78(67)66-36-28-49-25-33-60-65(35-27-48-26-34-61(66)70(49)69(48)60)77(58-31-23-47(24-32-58)50-39-54(73(7,8)9)43-55(40-50)74(10,11)12)64-22-20-19-21-59(64)51-41-56(75(13,14)15)44-57(42-51)76(16,17)18/h19-46H,1-18H3. The molecule has 396 valence electrons. The fourth-order valence-corrected chi connectivity index (χ4v) is 11.8. The molecular weight excluding hydrogens is 941 g/mol. The van der Waals surface area contributed by atoms with Gasteiger partial charge in [-0.05, 0) is 159 Å². The minimum atomic E-state index is -0.0352. The van der Waals surface area contributed by atoms with Crippen LogP contribution in [0.2, 0.25) is 0 Å². The second-order valence-corrected chi connectivity index (χ2v) is 28.9. The van der Waals surface area contributed by atoms with E-state index in [0.717, 1.165) is 17.1 Å². The van der Waals surface area contributed by atoms with E-state index >= 15 is 0 Å². The lowest BCUT2D eigenvalue weighted by atomic mass is 9.78. The first-order chi connectivity index (χ1) is 36.4. The van der Waals surface area contributed by atoms with Crippen molar-refractivity contribution in [2.45, 2.75) is 157 Å². The van der Waals surface area contributed by atoms with Gasteiger partial charge in [-0.3, -0.25) is 0 Å². The molecule has 11 rings (SSSR count). The van der Waals surface area contributed by atoms with Crippen LogP contribution in [0.4, 0.5) is 17.1 Å². The second-order valence-electron chi connectivity index (χ2n) is 28.9. The van der Waals surface area contributed by atoms with Crippen molar-refractivity contribution in [3.8, 4) is 27.9 Å². The number of rotatable bonds is 6. The molecule has 0 atom stereocenters. The summed E-state index contributed by atoms with van der Waals surface area (Å²) in [6.07, 6.45) is 0. The molecule has 0 bridgehead atoms. The zero-order valence-electron chi connectivity index (χ0n) is 50.1. The first kappa shape index (κ1) is 52.9. The first-order valence-corrected chi connectivity index (χ1v) is 28.6. The summed E-state index contributed by atoms with van der Waals surface area (Å²) in [5.74, 6) is 0. The first-order valence-electron chi connectivity index (χ1n) is 28.6. The van der Waals surface area contributed by atoms with Crippen LogP contribution in [0.15, 0.2) is 170 Å². The minimum Gasteiger partial charge on any atom is -0.309 e. The molecule has 0 amide bonds. The minimum absolute atomic E-state index is 0.0131. The molecule has 10 aromatic carbocycles. The number of anilines is 3. The molecule has 11 aromatic rings. The van der Waals surface area contributed by atoms with E-state index in [1.807, 2.05) is 0 Å². The molecule has 0 aliphatic rings. The lowest BCUT2D eigenvalue weighted by molar-refractivity contribution is 0.568. The number of fused-ring (bicyclic) bond motifs is 3. The monoisotopic (exact) mass is 1020 g/mol. The Hall–Kier alpha value is -7.16. The molecule has 1 aromatic heterocycles. The van der Waals surface area contributed by atoms with Crippen molar-refractivity contribution < 1.29 is 0 Å². The molecule has 0 unspecified atom stereocenters. The third-order valence-electron chi connectivity index (χ3n) is 16.8. The Kier molecular flexibility index (Phi) is 12.3. The summed E-state index contributed by atoms with van der Waals surface area (Å²) in [5.41, 5.74) is 20.1. The summed E-state index contributed by atoms with van der Waals surface area (Å²) in [4.78, 5) is 2.55. The summed E-state index contributed by atoms with van der Waals surface area (Å²) in [7, 11) is 0. The van der Waals surface area contributed by atoms with Gasteiger partial charge in [-0.25, -0.2) is 0 Å². The molecule has 0 N–H and O–H groups in total. The highest BCUT2D eigenvalue weighted by Crippen LogP contribution is 2.49. The molecule has 2 nitrogen and oxygen atoms in total. The lowest BCUT2D eigenvalue weighted by Gasteiger charge is -2.31. The van der Waals surface area contributed by atoms with E-state index in [1.54, 1.807) is 0 Å². The van der Waals surface area contributed by atoms with Crippen molar-refractivity contribution in [1.29, 1.82) is 0 Å². The van der Waals surface area contributed by atoms with Gasteiger partial charge in [0, 0.05) is 32.8 Å². The van der Waals surface area contributed by atoms with Gasteiger partial charge in [0.15, 0.2) is 0 Å². The lowest BCUT2D eigenvalue weighted by Crippen LogP contribution is -2.17. The van der Waals surface area contributed by atoms with Crippen molar-refractivity contribution in [2.24, 2.45) is 0 Å². The van der Waals surface area contributed by atoms with Crippen molar-refractivity contribution >= 4 is 71.2 Å². The Morgan fingerprint density at radius 2 is 0.718 bits per heavy atom. The summed E-state index contributed by atoms with van der Waals surface area (Å²) in [6, 6.07) is 66.3. The molecule has 0 saturated heterocycles. The Bertz CT molecular complexity index is 3980. The van der Waals surface area contributed by atoms with Crippen LogP contribution in [0.1, 0.15) is 158 Å². The van der Waals surface area contributed by atoms with Gasteiger partial charge in [0.2, 0.25) is 0 Å². The van der Waals surface area contributed by atoms with E-state index in [-0.39, 0.29) is 32.5 Å². The van der Waals surface area contributed by atoms with Gasteiger partial charge in [-0.2, -0.15) is 0 Å². The highest BCUT2D eigenvalue weighted by atomic mass is 15.1. The molecule has 0 aliphatic carbocycles. The van der Waals surface area contributed by atoms with Gasteiger partial charge in [0.1, 0.15) is 0 Å². The van der Waals surface area contributed by atoms with Gasteiger partial charge < -0.3 is 9.47 Å². The van der Waals surface area contributed by atoms with Gasteiger partial charge >= 0.3 is 0 Å². The number of nitrogens with zero attached hydrogens (tertiary/aromatic N) is 2. The fourth-order valence-electron chi connectivity index (χ4n) is 11.8. The second kappa shape index (κ2) is 18.2. The van der Waals surface area contributed by atoms with E-state index < -0.39 is 0 Å². The predicted octanol–water partition coefficient (Wildman–Crippen LogP) is 22.3. The van der Waals surface area contributed by atoms with Crippen molar-refractivity contribution in [3.63, 3.8) is 0 Å². The van der Waals surface area contributed by atoms with Crippen molar-refractivity contribution in [1.82, 2.24) is 4.57 Å². The third kappa shape index (κ3) is 9.37. The highest BCUT2D eigenvalue weighted by Gasteiger charge is 2.28. The van der Waals surface area contributed by atoms with E-state index in [2.05, 4.69) is 304 Å². The van der Waals surface area contributed by atoms with E-state index in [0.29, 0.717) is 0 Å². The summed E-state index contributed by atoms with van der Waals surface area (Å²) in [6.45, 7) is 41.9. The summed E-state index contributed by atoms with van der Waals surface area (Å²) >= 11 is 0. The van der Waals surface area contributed by atoms with Crippen molar-refractivity contribution in [3.05, 3.63) is 203 Å². The van der Waals surface area contributed by atoms with E-state index in [4.69, 9.17) is 0 Å². The van der Waals surface area contributed by atoms with Crippen LogP contribution >= 0.6 is 0 Å². The van der Waals surface area contributed by atoms with Crippen LogP contribution < -0.4 is 4.90 Å². The van der Waals surface area contributed by atoms with E-state index in [9.17, 15) is 0 Å². The molecule has 0 saturated carbocycles. The molecule has 0 radical (unpaired) electrons. The van der Waals surface area contributed by atoms with Crippen molar-refractivity contribution in [2.75, 3.05) is 4.90 Å². The van der Waals surface area contributed by atoms with Crippen LogP contribution in [0.3, 0.4) is 0 Å². The third-order valence-corrected chi connectivity index (χ3v) is 16.8. The normalized spacial score (nSPS) is 13.3. The average molecular weight is 1020 g/mol.